The molecule has 37 heavy (non-hydrogen) atoms. The van der Waals surface area contributed by atoms with Crippen molar-refractivity contribution in [2.75, 3.05) is 38.1 Å². The zero-order valence-corrected chi connectivity index (χ0v) is 20.6. The first kappa shape index (κ1) is 25.7. The number of aromatic hydroxyl groups is 1. The van der Waals surface area contributed by atoms with Gasteiger partial charge in [-0.3, -0.25) is 4.90 Å². The first-order valence-electron chi connectivity index (χ1n) is 12.5. The predicted molar refractivity (Wildman–Crippen MR) is 130 cm³/mol. The lowest BCUT2D eigenvalue weighted by Crippen LogP contribution is -2.46. The van der Waals surface area contributed by atoms with E-state index in [1.807, 2.05) is 12.1 Å². The minimum atomic E-state index is -4.85. The van der Waals surface area contributed by atoms with E-state index in [0.29, 0.717) is 19.6 Å². The topological polar surface area (TPSA) is 109 Å². The Bertz CT molecular complexity index is 1230. The van der Waals surface area contributed by atoms with Gasteiger partial charge in [-0.15, -0.1) is 5.10 Å². The molecule has 3 aromatic rings. The molecular weight excluding hydrogens is 489 g/mol. The van der Waals surface area contributed by atoms with Gasteiger partial charge in [-0.1, -0.05) is 24.3 Å². The Labute approximate surface area is 212 Å². The van der Waals surface area contributed by atoms with Crippen LogP contribution in [0.1, 0.15) is 49.4 Å². The number of benzene rings is 1. The van der Waals surface area contributed by atoms with Crippen LogP contribution in [0.5, 0.6) is 5.88 Å². The summed E-state index contributed by atoms with van der Waals surface area (Å²) in [6.07, 6.45) is -1.33. The van der Waals surface area contributed by atoms with Gasteiger partial charge in [-0.05, 0) is 50.2 Å². The van der Waals surface area contributed by atoms with E-state index in [1.165, 1.54) is 15.8 Å². The number of β-amino-alcohol motifs (C(OH)–C–C–N with tert-alkyl or cyclic N) is 1. The van der Waals surface area contributed by atoms with Crippen LogP contribution in [0.3, 0.4) is 0 Å². The second-order valence-corrected chi connectivity index (χ2v) is 10.1. The maximum absolute atomic E-state index is 13.4. The van der Waals surface area contributed by atoms with Gasteiger partial charge in [0, 0.05) is 32.8 Å². The Morgan fingerprint density at radius 2 is 1.81 bits per heavy atom. The van der Waals surface area contributed by atoms with Gasteiger partial charge >= 0.3 is 6.18 Å². The molecule has 2 atom stereocenters. The van der Waals surface area contributed by atoms with Crippen LogP contribution in [-0.2, 0) is 23.8 Å². The molecule has 9 nitrogen and oxygen atoms in total. The number of anilines is 1. The molecule has 2 unspecified atom stereocenters. The van der Waals surface area contributed by atoms with Gasteiger partial charge in [0.05, 0.1) is 5.60 Å². The summed E-state index contributed by atoms with van der Waals surface area (Å²) in [5.41, 5.74) is 1.20. The van der Waals surface area contributed by atoms with Crippen LogP contribution in [0.2, 0.25) is 0 Å². The number of rotatable bonds is 6. The Balaban J connectivity index is 1.36. The average molecular weight is 521 g/mol. The number of alkyl halides is 3. The largest absolute Gasteiger partial charge is 0.492 e. The number of aromatic nitrogens is 4. The molecule has 5 rings (SSSR count). The molecule has 1 saturated heterocycles. The van der Waals surface area contributed by atoms with E-state index in [1.54, 1.807) is 6.92 Å². The van der Waals surface area contributed by atoms with Gasteiger partial charge in [-0.2, -0.15) is 18.2 Å². The molecule has 1 fully saturated rings. The average Bonchev–Trinajstić information content (AvgIpc) is 3.12. The number of fused-ring (bicyclic) bond motifs is 2. The number of nitrogens with zero attached hydrogens (tertiary/aromatic N) is 5. The molecule has 3 N–H and O–H groups in total. The number of halogens is 3. The Hall–Kier alpha value is -2.96. The third-order valence-electron chi connectivity index (χ3n) is 6.92. The first-order valence-corrected chi connectivity index (χ1v) is 12.5. The smallest absolute Gasteiger partial charge is 0.451 e. The number of hydrogen-bond acceptors (Lipinski definition) is 8. The lowest BCUT2D eigenvalue weighted by molar-refractivity contribution is -0.145. The molecule has 2 aliphatic heterocycles. The lowest BCUT2D eigenvalue weighted by Gasteiger charge is -2.31. The Morgan fingerprint density at radius 3 is 2.43 bits per heavy atom. The molecule has 0 amide bonds. The molecule has 0 aliphatic carbocycles. The fourth-order valence-corrected chi connectivity index (χ4v) is 5.08. The van der Waals surface area contributed by atoms with Crippen LogP contribution in [-0.4, -0.2) is 73.2 Å². The second-order valence-electron chi connectivity index (χ2n) is 10.1. The molecule has 200 valence electrons. The zero-order valence-electron chi connectivity index (χ0n) is 20.6. The summed E-state index contributed by atoms with van der Waals surface area (Å²) < 4.78 is 47.3. The standard InChI is InChI=1S/C25H31F3N6O3/c1-24(36,15-33-11-9-16-6-2-3-7-17(16)10-12-33)14-29-21-19-20(22(35)31-23(30-19)25(26,27)28)34(32-21)18-8-4-5-13-37-18/h2-3,6-7,18,36H,4-5,8-15H2,1H3,(H,29,32)(H,30,31,35). The van der Waals surface area contributed by atoms with Crippen molar-refractivity contribution >= 4 is 16.9 Å². The number of ether oxygens (including phenoxy) is 1. The van der Waals surface area contributed by atoms with E-state index in [0.717, 1.165) is 38.8 Å². The van der Waals surface area contributed by atoms with E-state index in [2.05, 4.69) is 37.4 Å². The number of aliphatic hydroxyl groups is 1. The van der Waals surface area contributed by atoms with Crippen molar-refractivity contribution in [3.63, 3.8) is 0 Å². The molecule has 0 spiro atoms. The first-order chi connectivity index (χ1) is 17.6. The van der Waals surface area contributed by atoms with Gasteiger partial charge in [0.1, 0.15) is 5.52 Å². The third kappa shape index (κ3) is 5.65. The lowest BCUT2D eigenvalue weighted by atomic mass is 10.0. The summed E-state index contributed by atoms with van der Waals surface area (Å²) in [6.45, 7) is 4.12. The van der Waals surface area contributed by atoms with E-state index in [9.17, 15) is 23.4 Å². The van der Waals surface area contributed by atoms with Gasteiger partial charge in [-0.25, -0.2) is 9.67 Å². The highest BCUT2D eigenvalue weighted by Crippen LogP contribution is 2.36. The van der Waals surface area contributed by atoms with Crippen LogP contribution >= 0.6 is 0 Å². The molecule has 0 radical (unpaired) electrons. The fourth-order valence-electron chi connectivity index (χ4n) is 5.08. The van der Waals surface area contributed by atoms with Crippen molar-refractivity contribution in [3.8, 4) is 5.88 Å². The van der Waals surface area contributed by atoms with Gasteiger partial charge in [0.2, 0.25) is 11.7 Å². The van der Waals surface area contributed by atoms with Gasteiger partial charge in [0.15, 0.2) is 17.6 Å². The fraction of sp³-hybridized carbons (Fsp3) is 0.560. The van der Waals surface area contributed by atoms with E-state index < -0.39 is 29.7 Å². The predicted octanol–water partition coefficient (Wildman–Crippen LogP) is 3.51. The quantitative estimate of drug-likeness (QED) is 0.453. The van der Waals surface area contributed by atoms with Crippen LogP contribution in [0.15, 0.2) is 24.3 Å². The zero-order chi connectivity index (χ0) is 26.2. The van der Waals surface area contributed by atoms with Crippen molar-refractivity contribution in [2.45, 2.75) is 57.0 Å². The van der Waals surface area contributed by atoms with Crippen LogP contribution in [0, 0.1) is 0 Å². The molecule has 1 aromatic carbocycles. The minimum absolute atomic E-state index is 0.0141. The maximum Gasteiger partial charge on any atom is 0.451 e. The highest BCUT2D eigenvalue weighted by Gasteiger charge is 2.37. The number of hydrogen-bond donors (Lipinski definition) is 3. The summed E-state index contributed by atoms with van der Waals surface area (Å²) in [5.74, 6) is -2.25. The highest BCUT2D eigenvalue weighted by molar-refractivity contribution is 5.89. The molecule has 0 saturated carbocycles. The summed E-state index contributed by atoms with van der Waals surface area (Å²) in [5, 5.41) is 29.0. The molecular formula is C25H31F3N6O3. The van der Waals surface area contributed by atoms with Crippen molar-refractivity contribution in [1.82, 2.24) is 24.6 Å². The molecule has 2 aromatic heterocycles. The third-order valence-corrected chi connectivity index (χ3v) is 6.92. The van der Waals surface area contributed by atoms with Gasteiger partial charge in [0.25, 0.3) is 0 Å². The molecule has 2 aliphatic rings. The number of nitrogens with one attached hydrogen (secondary N) is 1. The van der Waals surface area contributed by atoms with Crippen molar-refractivity contribution in [3.05, 3.63) is 41.2 Å². The highest BCUT2D eigenvalue weighted by atomic mass is 19.4. The maximum atomic E-state index is 13.4. The van der Waals surface area contributed by atoms with Crippen molar-refractivity contribution in [2.24, 2.45) is 0 Å². The monoisotopic (exact) mass is 520 g/mol. The Morgan fingerprint density at radius 1 is 1.11 bits per heavy atom. The second kappa shape index (κ2) is 10.1. The van der Waals surface area contributed by atoms with Crippen LogP contribution in [0.25, 0.3) is 11.0 Å². The van der Waals surface area contributed by atoms with E-state index >= 15 is 0 Å². The normalized spacial score (nSPS) is 20.8. The summed E-state index contributed by atoms with van der Waals surface area (Å²) in [4.78, 5) is 9.14. The van der Waals surface area contributed by atoms with Crippen molar-refractivity contribution in [1.29, 1.82) is 0 Å². The SMILES string of the molecule is CC(O)(CNc1nn(C2CCCCO2)c2c(O)nc(C(F)(F)F)nc12)CN1CCc2ccccc2CC1. The van der Waals surface area contributed by atoms with Crippen molar-refractivity contribution < 1.29 is 28.1 Å². The molecule has 4 heterocycles. The Kier molecular flexibility index (Phi) is 6.99. The van der Waals surface area contributed by atoms with Gasteiger partial charge < -0.3 is 20.3 Å². The summed E-state index contributed by atoms with van der Waals surface area (Å²) in [7, 11) is 0. The van der Waals surface area contributed by atoms with Crippen LogP contribution in [0.4, 0.5) is 19.0 Å². The minimum Gasteiger partial charge on any atom is -0.492 e. The summed E-state index contributed by atoms with van der Waals surface area (Å²) >= 11 is 0. The van der Waals surface area contributed by atoms with E-state index in [4.69, 9.17) is 4.74 Å². The molecule has 0 bridgehead atoms. The summed E-state index contributed by atoms with van der Waals surface area (Å²) in [6, 6.07) is 8.31. The van der Waals surface area contributed by atoms with E-state index in [-0.39, 0.29) is 23.4 Å². The van der Waals surface area contributed by atoms with Crippen LogP contribution < -0.4 is 5.32 Å². The molecule has 12 heteroatoms.